The second-order valence-electron chi connectivity index (χ2n) is 9.12. The smallest absolute Gasteiger partial charge is 0.269 e. The number of nitrogens with one attached hydrogen (secondary N) is 1. The van der Waals surface area contributed by atoms with E-state index >= 15 is 0 Å². The highest BCUT2D eigenvalue weighted by Gasteiger charge is 2.22. The molecule has 0 bridgehead atoms. The Kier molecular flexibility index (Phi) is 6.55. The predicted molar refractivity (Wildman–Crippen MR) is 142 cm³/mol. The minimum absolute atomic E-state index is 0.123. The third kappa shape index (κ3) is 4.74. The van der Waals surface area contributed by atoms with Crippen LogP contribution in [0.15, 0.2) is 71.9 Å². The van der Waals surface area contributed by atoms with Gasteiger partial charge in [-0.05, 0) is 69.4 Å². The number of nitrogens with zero attached hydrogens (tertiary/aromatic N) is 5. The van der Waals surface area contributed by atoms with Crippen LogP contribution in [-0.4, -0.2) is 67.6 Å². The zero-order valence-electron chi connectivity index (χ0n) is 20.6. The standard InChI is InChI=1S/C26H30N6O3S/c1-30(2)21-12-14-31(15-13-21)22-9-7-20(8-10-22)28-26-27-18-19-11-16-32(25(19)29-26)36(33,34)24-6-4-5-23(17-24)35-3/h4-11,16-18,21H,12-15H2,1-3H3,(H,27,28,29). The number of aromatic nitrogens is 3. The van der Waals surface area contributed by atoms with E-state index in [0.29, 0.717) is 28.8 Å². The van der Waals surface area contributed by atoms with Gasteiger partial charge in [-0.2, -0.15) is 4.98 Å². The zero-order chi connectivity index (χ0) is 25.3. The van der Waals surface area contributed by atoms with E-state index in [2.05, 4.69) is 51.3 Å². The molecule has 0 aliphatic carbocycles. The molecule has 5 rings (SSSR count). The van der Waals surface area contributed by atoms with Crippen LogP contribution in [0.1, 0.15) is 12.8 Å². The first-order chi connectivity index (χ1) is 17.3. The lowest BCUT2D eigenvalue weighted by Crippen LogP contribution is -2.41. The summed E-state index contributed by atoms with van der Waals surface area (Å²) in [5, 5.41) is 3.83. The van der Waals surface area contributed by atoms with Gasteiger partial charge in [0.05, 0.1) is 12.0 Å². The van der Waals surface area contributed by atoms with Crippen molar-refractivity contribution in [2.75, 3.05) is 44.5 Å². The van der Waals surface area contributed by atoms with Gasteiger partial charge < -0.3 is 19.9 Å². The molecule has 3 heterocycles. The van der Waals surface area contributed by atoms with Crippen molar-refractivity contribution in [1.29, 1.82) is 0 Å². The lowest BCUT2D eigenvalue weighted by Gasteiger charge is -2.36. The van der Waals surface area contributed by atoms with Gasteiger partial charge in [0.25, 0.3) is 10.0 Å². The van der Waals surface area contributed by atoms with E-state index in [-0.39, 0.29) is 4.90 Å². The van der Waals surface area contributed by atoms with Gasteiger partial charge in [-0.3, -0.25) is 0 Å². The van der Waals surface area contributed by atoms with Crippen LogP contribution in [0.3, 0.4) is 0 Å². The molecule has 1 aliphatic heterocycles. The highest BCUT2D eigenvalue weighted by molar-refractivity contribution is 7.90. The Morgan fingerprint density at radius 1 is 1.06 bits per heavy atom. The molecule has 10 heteroatoms. The molecule has 1 N–H and O–H groups in total. The maximum absolute atomic E-state index is 13.3. The molecule has 4 aromatic rings. The molecule has 0 atom stereocenters. The minimum Gasteiger partial charge on any atom is -0.497 e. The average molecular weight is 507 g/mol. The molecule has 1 fully saturated rings. The summed E-state index contributed by atoms with van der Waals surface area (Å²) < 4.78 is 33.0. The van der Waals surface area contributed by atoms with Crippen LogP contribution in [0.25, 0.3) is 11.0 Å². The van der Waals surface area contributed by atoms with E-state index in [1.807, 2.05) is 12.1 Å². The number of hydrogen-bond donors (Lipinski definition) is 1. The van der Waals surface area contributed by atoms with Gasteiger partial charge in [0.15, 0.2) is 5.65 Å². The van der Waals surface area contributed by atoms with Crippen molar-refractivity contribution in [1.82, 2.24) is 18.8 Å². The fourth-order valence-corrected chi connectivity index (χ4v) is 5.89. The van der Waals surface area contributed by atoms with E-state index in [1.165, 1.54) is 35.1 Å². The number of methoxy groups -OCH3 is 1. The van der Waals surface area contributed by atoms with Crippen molar-refractivity contribution < 1.29 is 13.2 Å². The van der Waals surface area contributed by atoms with E-state index in [1.54, 1.807) is 24.4 Å². The minimum atomic E-state index is -3.86. The van der Waals surface area contributed by atoms with E-state index in [0.717, 1.165) is 31.6 Å². The second kappa shape index (κ2) is 9.79. The molecular formula is C26H30N6O3S. The molecular weight excluding hydrogens is 476 g/mol. The van der Waals surface area contributed by atoms with Gasteiger partial charge in [-0.25, -0.2) is 17.4 Å². The highest BCUT2D eigenvalue weighted by atomic mass is 32.2. The Balaban J connectivity index is 1.35. The van der Waals surface area contributed by atoms with E-state index in [4.69, 9.17) is 4.74 Å². The molecule has 1 aliphatic rings. The van der Waals surface area contributed by atoms with Gasteiger partial charge in [0, 0.05) is 54.4 Å². The third-order valence-corrected chi connectivity index (χ3v) is 8.34. The van der Waals surface area contributed by atoms with Crippen LogP contribution in [-0.2, 0) is 10.0 Å². The number of ether oxygens (including phenoxy) is 1. The first-order valence-electron chi connectivity index (χ1n) is 11.9. The van der Waals surface area contributed by atoms with Crippen LogP contribution in [0, 0.1) is 0 Å². The molecule has 0 amide bonds. The summed E-state index contributed by atoms with van der Waals surface area (Å²) in [6.07, 6.45) is 5.41. The fourth-order valence-electron chi connectivity index (χ4n) is 4.55. The predicted octanol–water partition coefficient (Wildman–Crippen LogP) is 3.95. The maximum Gasteiger partial charge on any atom is 0.269 e. The number of fused-ring (bicyclic) bond motifs is 1. The maximum atomic E-state index is 13.3. The van der Waals surface area contributed by atoms with Gasteiger partial charge >= 0.3 is 0 Å². The van der Waals surface area contributed by atoms with E-state index < -0.39 is 10.0 Å². The summed E-state index contributed by atoms with van der Waals surface area (Å²) >= 11 is 0. The van der Waals surface area contributed by atoms with Crippen molar-refractivity contribution in [3.8, 4) is 5.75 Å². The normalized spacial score (nSPS) is 14.9. The summed E-state index contributed by atoms with van der Waals surface area (Å²) in [5.41, 5.74) is 2.32. The largest absolute Gasteiger partial charge is 0.497 e. The SMILES string of the molecule is COc1cccc(S(=O)(=O)n2ccc3cnc(Nc4ccc(N5CCC(N(C)C)CC5)cc4)nc32)c1. The summed E-state index contributed by atoms with van der Waals surface area (Å²) in [6, 6.07) is 16.9. The summed E-state index contributed by atoms with van der Waals surface area (Å²) in [5.74, 6) is 0.790. The van der Waals surface area contributed by atoms with Gasteiger partial charge in [0.2, 0.25) is 5.95 Å². The number of piperidine rings is 1. The Labute approximate surface area is 211 Å². The molecule has 2 aromatic heterocycles. The monoisotopic (exact) mass is 506 g/mol. The van der Waals surface area contributed by atoms with Crippen molar-refractivity contribution in [2.45, 2.75) is 23.8 Å². The fraction of sp³-hybridized carbons (Fsp3) is 0.308. The van der Waals surface area contributed by atoms with Crippen molar-refractivity contribution >= 4 is 38.4 Å². The Morgan fingerprint density at radius 2 is 1.81 bits per heavy atom. The molecule has 2 aromatic carbocycles. The highest BCUT2D eigenvalue weighted by Crippen LogP contribution is 2.26. The van der Waals surface area contributed by atoms with Crippen molar-refractivity contribution in [3.05, 3.63) is 67.0 Å². The average Bonchev–Trinajstić information content (AvgIpc) is 3.33. The third-order valence-electron chi connectivity index (χ3n) is 6.68. The van der Waals surface area contributed by atoms with E-state index in [9.17, 15) is 8.42 Å². The Hall–Kier alpha value is -3.63. The van der Waals surface area contributed by atoms with Crippen LogP contribution >= 0.6 is 0 Å². The molecule has 0 spiro atoms. The molecule has 1 saturated heterocycles. The molecule has 0 unspecified atom stereocenters. The summed E-state index contributed by atoms with van der Waals surface area (Å²) in [4.78, 5) is 13.7. The zero-order valence-corrected chi connectivity index (χ0v) is 21.4. The van der Waals surface area contributed by atoms with Crippen molar-refractivity contribution in [3.63, 3.8) is 0 Å². The van der Waals surface area contributed by atoms with Gasteiger partial charge in [-0.15, -0.1) is 0 Å². The first-order valence-corrected chi connectivity index (χ1v) is 13.3. The van der Waals surface area contributed by atoms with Gasteiger partial charge in [-0.1, -0.05) is 6.07 Å². The number of rotatable bonds is 7. The molecule has 0 saturated carbocycles. The second-order valence-corrected chi connectivity index (χ2v) is 10.9. The quantitative estimate of drug-likeness (QED) is 0.403. The Bertz CT molecular complexity index is 1460. The number of benzene rings is 2. The summed E-state index contributed by atoms with van der Waals surface area (Å²) in [7, 11) is 1.93. The Morgan fingerprint density at radius 3 is 2.50 bits per heavy atom. The first kappa shape index (κ1) is 24.1. The van der Waals surface area contributed by atoms with Crippen LogP contribution in [0.5, 0.6) is 5.75 Å². The topological polar surface area (TPSA) is 92.6 Å². The molecule has 188 valence electrons. The van der Waals surface area contributed by atoms with Crippen LogP contribution in [0.4, 0.5) is 17.3 Å². The number of hydrogen-bond acceptors (Lipinski definition) is 8. The molecule has 9 nitrogen and oxygen atoms in total. The number of anilines is 3. The molecule has 0 radical (unpaired) electrons. The van der Waals surface area contributed by atoms with Crippen LogP contribution < -0.4 is 15.0 Å². The lowest BCUT2D eigenvalue weighted by atomic mass is 10.0. The lowest BCUT2D eigenvalue weighted by molar-refractivity contribution is 0.249. The van der Waals surface area contributed by atoms with Crippen molar-refractivity contribution in [2.24, 2.45) is 0 Å². The van der Waals surface area contributed by atoms with Gasteiger partial charge in [0.1, 0.15) is 5.75 Å². The van der Waals surface area contributed by atoms with Crippen LogP contribution in [0.2, 0.25) is 0 Å². The summed E-state index contributed by atoms with van der Waals surface area (Å²) in [6.45, 7) is 2.07. The molecule has 36 heavy (non-hydrogen) atoms.